The van der Waals surface area contributed by atoms with Gasteiger partial charge < -0.3 is 19.5 Å². The largest absolute Gasteiger partial charge is 0.487 e. The molecule has 0 heterocycles. The van der Waals surface area contributed by atoms with Crippen LogP contribution in [0.5, 0.6) is 11.5 Å². The predicted molar refractivity (Wildman–Crippen MR) is 104 cm³/mol. The maximum Gasteiger partial charge on any atom is 0.335 e. The summed E-state index contributed by atoms with van der Waals surface area (Å²) in [6.45, 7) is 3.94. The molecule has 0 spiro atoms. The van der Waals surface area contributed by atoms with Crippen LogP contribution in [0.2, 0.25) is 10.0 Å². The summed E-state index contributed by atoms with van der Waals surface area (Å²) in [4.78, 5) is 24.3. The van der Waals surface area contributed by atoms with E-state index in [9.17, 15) is 9.59 Å². The first-order chi connectivity index (χ1) is 13.0. The third-order valence-corrected chi connectivity index (χ3v) is 3.87. The van der Waals surface area contributed by atoms with E-state index < -0.39 is 11.9 Å². The topological polar surface area (TPSA) is 73.9 Å². The van der Waals surface area contributed by atoms with Crippen molar-refractivity contribution >= 4 is 40.8 Å². The molecule has 0 radical (unpaired) electrons. The normalized spacial score (nSPS) is 10.2. The highest BCUT2D eigenvalue weighted by Crippen LogP contribution is 2.36. The molecule has 2 aromatic rings. The lowest BCUT2D eigenvalue weighted by Gasteiger charge is -2.15. The number of rotatable bonds is 8. The van der Waals surface area contributed by atoms with Crippen molar-refractivity contribution in [2.75, 3.05) is 25.6 Å². The molecule has 27 heavy (non-hydrogen) atoms. The lowest BCUT2D eigenvalue weighted by atomic mass is 10.2. The Morgan fingerprint density at radius 1 is 1.19 bits per heavy atom. The van der Waals surface area contributed by atoms with Crippen LogP contribution >= 0.6 is 23.2 Å². The Morgan fingerprint density at radius 3 is 2.63 bits per heavy atom. The number of carbonyl (C=O) groups is 2. The molecule has 1 amide bonds. The van der Waals surface area contributed by atoms with Gasteiger partial charge in [0.15, 0.2) is 11.5 Å². The summed E-state index contributed by atoms with van der Waals surface area (Å²) >= 11 is 11.9. The van der Waals surface area contributed by atoms with E-state index in [2.05, 4.69) is 11.9 Å². The van der Waals surface area contributed by atoms with Crippen molar-refractivity contribution < 1.29 is 23.8 Å². The van der Waals surface area contributed by atoms with E-state index in [1.807, 2.05) is 0 Å². The summed E-state index contributed by atoms with van der Waals surface area (Å²) in [6.07, 6.45) is 1.01. The van der Waals surface area contributed by atoms with E-state index in [0.717, 1.165) is 6.08 Å². The van der Waals surface area contributed by atoms with Gasteiger partial charge in [0.25, 0.3) is 5.91 Å². The molecule has 0 aliphatic rings. The zero-order valence-corrected chi connectivity index (χ0v) is 16.0. The van der Waals surface area contributed by atoms with Crippen LogP contribution in [0, 0.1) is 0 Å². The Kier molecular flexibility index (Phi) is 7.67. The number of hydrogen-bond donors (Lipinski definition) is 1. The summed E-state index contributed by atoms with van der Waals surface area (Å²) in [6, 6.07) is 9.32. The van der Waals surface area contributed by atoms with E-state index in [4.69, 9.17) is 37.4 Å². The summed E-state index contributed by atoms with van der Waals surface area (Å²) < 4.78 is 15.7. The van der Waals surface area contributed by atoms with Gasteiger partial charge in [-0.3, -0.25) is 4.79 Å². The van der Waals surface area contributed by atoms with Crippen LogP contribution in [0.25, 0.3) is 0 Å². The molecule has 0 aromatic heterocycles. The van der Waals surface area contributed by atoms with Crippen molar-refractivity contribution in [1.82, 2.24) is 0 Å². The van der Waals surface area contributed by atoms with Gasteiger partial charge in [0.1, 0.15) is 6.61 Å². The molecule has 0 unspecified atom stereocenters. The Labute approximate surface area is 166 Å². The maximum absolute atomic E-state index is 12.6. The number of para-hydroxylation sites is 1. The van der Waals surface area contributed by atoms with Crippen LogP contribution in [0.4, 0.5) is 5.69 Å². The fourth-order valence-corrected chi connectivity index (χ4v) is 2.57. The van der Waals surface area contributed by atoms with Gasteiger partial charge in [-0.05, 0) is 30.3 Å². The number of benzene rings is 2. The molecule has 2 rings (SSSR count). The van der Waals surface area contributed by atoms with Gasteiger partial charge in [0, 0.05) is 18.2 Å². The van der Waals surface area contributed by atoms with Crippen molar-refractivity contribution in [3.8, 4) is 11.5 Å². The summed E-state index contributed by atoms with van der Waals surface area (Å²) in [7, 11) is 1.54. The molecule has 0 aliphatic heterocycles. The number of hydrogen-bond acceptors (Lipinski definition) is 5. The first-order valence-corrected chi connectivity index (χ1v) is 8.57. The summed E-state index contributed by atoms with van der Waals surface area (Å²) in [5.74, 6) is -0.876. The van der Waals surface area contributed by atoms with Gasteiger partial charge in [-0.2, -0.15) is 0 Å². The molecular formula is C19H17Cl2NO5. The summed E-state index contributed by atoms with van der Waals surface area (Å²) in [5.41, 5.74) is 0.448. The molecule has 6 nitrogen and oxygen atoms in total. The third-order valence-electron chi connectivity index (χ3n) is 3.32. The highest BCUT2D eigenvalue weighted by Gasteiger charge is 2.18. The Bertz CT molecular complexity index is 854. The number of ether oxygens (including phenoxy) is 3. The molecule has 0 atom stereocenters. The fraction of sp³-hybridized carbons (Fsp3) is 0.158. The number of amides is 1. The van der Waals surface area contributed by atoms with Gasteiger partial charge in [-0.25, -0.2) is 4.79 Å². The molecule has 0 bridgehead atoms. The first-order valence-electron chi connectivity index (χ1n) is 7.81. The smallest absolute Gasteiger partial charge is 0.335 e. The standard InChI is InChI=1S/C19H17Cl2NO5/c1-3-17(23)27-18-15(5-4-6-16(18)26-10-9-25-2)22-19(24)13-8-7-12(20)11-14(13)21/h3-8,11H,1,9-10H2,2H3,(H,22,24). The Hall–Kier alpha value is -2.54. The third kappa shape index (κ3) is 5.72. The van der Waals surface area contributed by atoms with Crippen LogP contribution in [-0.4, -0.2) is 32.2 Å². The fourth-order valence-electron chi connectivity index (χ4n) is 2.07. The zero-order chi connectivity index (χ0) is 19.8. The molecule has 142 valence electrons. The lowest BCUT2D eigenvalue weighted by molar-refractivity contribution is -0.129. The number of carbonyl (C=O) groups excluding carboxylic acids is 2. The molecular weight excluding hydrogens is 393 g/mol. The van der Waals surface area contributed by atoms with Crippen LogP contribution in [0.1, 0.15) is 10.4 Å². The number of methoxy groups -OCH3 is 1. The second-order valence-corrected chi connectivity index (χ2v) is 6.02. The molecule has 8 heteroatoms. The average Bonchev–Trinajstić information content (AvgIpc) is 2.63. The zero-order valence-electron chi connectivity index (χ0n) is 14.5. The van der Waals surface area contributed by atoms with Crippen LogP contribution < -0.4 is 14.8 Å². The molecule has 0 fully saturated rings. The van der Waals surface area contributed by atoms with Crippen molar-refractivity contribution in [3.63, 3.8) is 0 Å². The SMILES string of the molecule is C=CC(=O)Oc1c(NC(=O)c2ccc(Cl)cc2Cl)cccc1OCCOC. The maximum atomic E-state index is 12.6. The quantitative estimate of drug-likeness (QED) is 0.303. The molecule has 1 N–H and O–H groups in total. The average molecular weight is 410 g/mol. The number of halogens is 2. The van der Waals surface area contributed by atoms with Crippen molar-refractivity contribution in [1.29, 1.82) is 0 Å². The monoisotopic (exact) mass is 409 g/mol. The van der Waals surface area contributed by atoms with Crippen molar-refractivity contribution in [3.05, 3.63) is 64.7 Å². The Balaban J connectivity index is 2.33. The van der Waals surface area contributed by atoms with E-state index in [1.165, 1.54) is 19.2 Å². The van der Waals surface area contributed by atoms with Crippen LogP contribution in [0.15, 0.2) is 49.1 Å². The van der Waals surface area contributed by atoms with E-state index >= 15 is 0 Å². The van der Waals surface area contributed by atoms with Gasteiger partial charge in [-0.15, -0.1) is 0 Å². The lowest BCUT2D eigenvalue weighted by Crippen LogP contribution is -2.15. The van der Waals surface area contributed by atoms with Crippen LogP contribution in [0.3, 0.4) is 0 Å². The number of anilines is 1. The second-order valence-electron chi connectivity index (χ2n) is 5.18. The molecule has 2 aromatic carbocycles. The van der Waals surface area contributed by atoms with Crippen LogP contribution in [-0.2, 0) is 9.53 Å². The minimum atomic E-state index is -0.696. The second kappa shape index (κ2) is 9.97. The van der Waals surface area contributed by atoms with Crippen molar-refractivity contribution in [2.24, 2.45) is 0 Å². The van der Waals surface area contributed by atoms with Gasteiger partial charge >= 0.3 is 5.97 Å². The van der Waals surface area contributed by atoms with Crippen molar-refractivity contribution in [2.45, 2.75) is 0 Å². The number of esters is 1. The predicted octanol–water partition coefficient (Wildman–Crippen LogP) is 4.36. The van der Waals surface area contributed by atoms with E-state index in [0.29, 0.717) is 11.6 Å². The van der Waals surface area contributed by atoms with Gasteiger partial charge in [0.2, 0.25) is 0 Å². The minimum Gasteiger partial charge on any atom is -0.487 e. The molecule has 0 saturated carbocycles. The molecule has 0 saturated heterocycles. The first kappa shape index (κ1) is 20.8. The van der Waals surface area contributed by atoms with Gasteiger partial charge in [0.05, 0.1) is 22.9 Å². The Morgan fingerprint density at radius 2 is 1.96 bits per heavy atom. The highest BCUT2D eigenvalue weighted by molar-refractivity contribution is 6.37. The van der Waals surface area contributed by atoms with E-state index in [1.54, 1.807) is 24.3 Å². The molecule has 0 aliphatic carbocycles. The van der Waals surface area contributed by atoms with Gasteiger partial charge in [-0.1, -0.05) is 35.8 Å². The highest BCUT2D eigenvalue weighted by atomic mass is 35.5. The van der Waals surface area contributed by atoms with E-state index in [-0.39, 0.29) is 34.4 Å². The summed E-state index contributed by atoms with van der Waals surface area (Å²) in [5, 5.41) is 3.26. The number of nitrogens with one attached hydrogen (secondary N) is 1. The minimum absolute atomic E-state index is 0.0527.